The Bertz CT molecular complexity index is 519. The number of hydrogen-bond acceptors (Lipinski definition) is 4. The van der Waals surface area contributed by atoms with E-state index in [1.54, 1.807) is 0 Å². The van der Waals surface area contributed by atoms with E-state index >= 15 is 0 Å². The van der Waals surface area contributed by atoms with E-state index < -0.39 is 0 Å². The molecule has 0 aromatic carbocycles. The summed E-state index contributed by atoms with van der Waals surface area (Å²) in [6.07, 6.45) is 3.64. The van der Waals surface area contributed by atoms with E-state index in [2.05, 4.69) is 16.5 Å². The highest BCUT2D eigenvalue weighted by molar-refractivity contribution is 5.34. The molecule has 0 radical (unpaired) electrons. The Morgan fingerprint density at radius 1 is 1.24 bits per heavy atom. The first-order valence-corrected chi connectivity index (χ1v) is 5.56. The Morgan fingerprint density at radius 2 is 2.00 bits per heavy atom. The number of nitrogens with two attached hydrogens (primary N) is 1. The van der Waals surface area contributed by atoms with Crippen LogP contribution in [0.15, 0.2) is 28.9 Å². The van der Waals surface area contributed by atoms with Crippen molar-refractivity contribution in [2.24, 2.45) is 5.84 Å². The molecule has 4 heteroatoms. The number of aryl methyl sites for hydroxylation is 3. The summed E-state index contributed by atoms with van der Waals surface area (Å²) in [6, 6.07) is 3.99. The Balaban J connectivity index is 2.43. The van der Waals surface area contributed by atoms with Gasteiger partial charge in [-0.15, -0.1) is 0 Å². The average Bonchev–Trinajstić information content (AvgIpc) is 2.59. The van der Waals surface area contributed by atoms with Crippen LogP contribution in [0.25, 0.3) is 0 Å². The van der Waals surface area contributed by atoms with E-state index in [9.17, 15) is 0 Å². The fourth-order valence-corrected chi connectivity index (χ4v) is 2.04. The molecule has 0 aliphatic rings. The van der Waals surface area contributed by atoms with Gasteiger partial charge in [-0.2, -0.15) is 0 Å². The van der Waals surface area contributed by atoms with Crippen molar-refractivity contribution >= 4 is 0 Å². The van der Waals surface area contributed by atoms with Gasteiger partial charge in [0.05, 0.1) is 6.04 Å². The highest BCUT2D eigenvalue weighted by atomic mass is 16.3. The lowest BCUT2D eigenvalue weighted by molar-refractivity contribution is 0.495. The zero-order chi connectivity index (χ0) is 12.4. The Labute approximate surface area is 101 Å². The molecule has 4 nitrogen and oxygen atoms in total. The standard InChI is InChI=1S/C13H17N3O/c1-8-4-11(7-15-6-8)13(16-14)12-5-9(2)17-10(12)3/h4-7,13,16H,14H2,1-3H3. The smallest absolute Gasteiger partial charge is 0.106 e. The van der Waals surface area contributed by atoms with Gasteiger partial charge >= 0.3 is 0 Å². The molecule has 0 bridgehead atoms. The number of hydrogen-bond donors (Lipinski definition) is 2. The average molecular weight is 231 g/mol. The van der Waals surface area contributed by atoms with Gasteiger partial charge in [0.2, 0.25) is 0 Å². The van der Waals surface area contributed by atoms with Gasteiger partial charge in [-0.05, 0) is 38.0 Å². The summed E-state index contributed by atoms with van der Waals surface area (Å²) in [5, 5.41) is 0. The van der Waals surface area contributed by atoms with Crippen molar-refractivity contribution in [1.29, 1.82) is 0 Å². The topological polar surface area (TPSA) is 64.1 Å². The molecular weight excluding hydrogens is 214 g/mol. The van der Waals surface area contributed by atoms with Gasteiger partial charge in [0.25, 0.3) is 0 Å². The molecule has 17 heavy (non-hydrogen) atoms. The maximum atomic E-state index is 5.65. The number of aromatic nitrogens is 1. The van der Waals surface area contributed by atoms with Crippen molar-refractivity contribution < 1.29 is 4.42 Å². The van der Waals surface area contributed by atoms with Crippen molar-refractivity contribution in [3.05, 3.63) is 52.7 Å². The molecule has 2 heterocycles. The summed E-state index contributed by atoms with van der Waals surface area (Å²) in [4.78, 5) is 4.19. The maximum absolute atomic E-state index is 5.65. The number of rotatable bonds is 3. The minimum atomic E-state index is -0.0835. The second-order valence-corrected chi connectivity index (χ2v) is 4.26. The monoisotopic (exact) mass is 231 g/mol. The molecule has 1 atom stereocenters. The fraction of sp³-hybridized carbons (Fsp3) is 0.308. The van der Waals surface area contributed by atoms with Gasteiger partial charge in [-0.3, -0.25) is 10.8 Å². The molecule has 0 aliphatic carbocycles. The van der Waals surface area contributed by atoms with Gasteiger partial charge in [0.1, 0.15) is 11.5 Å². The van der Waals surface area contributed by atoms with Crippen LogP contribution in [0.1, 0.15) is 34.3 Å². The molecule has 0 saturated heterocycles. The van der Waals surface area contributed by atoms with Gasteiger partial charge in [0, 0.05) is 18.0 Å². The van der Waals surface area contributed by atoms with E-state index in [4.69, 9.17) is 10.3 Å². The lowest BCUT2D eigenvalue weighted by Gasteiger charge is -2.15. The van der Waals surface area contributed by atoms with Crippen LogP contribution >= 0.6 is 0 Å². The summed E-state index contributed by atoms with van der Waals surface area (Å²) in [5.74, 6) is 7.41. The van der Waals surface area contributed by atoms with Crippen LogP contribution in [-0.4, -0.2) is 4.98 Å². The molecule has 0 saturated carbocycles. The molecule has 2 aromatic rings. The number of nitrogens with one attached hydrogen (secondary N) is 1. The SMILES string of the molecule is Cc1cncc(C(NN)c2cc(C)oc2C)c1. The summed E-state index contributed by atoms with van der Waals surface area (Å²) >= 11 is 0. The predicted octanol–water partition coefficient (Wildman–Crippen LogP) is 2.15. The molecule has 2 aromatic heterocycles. The molecule has 0 spiro atoms. The largest absolute Gasteiger partial charge is 0.466 e. The molecule has 2 rings (SSSR count). The van der Waals surface area contributed by atoms with E-state index in [0.29, 0.717) is 0 Å². The normalized spacial score (nSPS) is 12.7. The molecular formula is C13H17N3O. The van der Waals surface area contributed by atoms with Crippen LogP contribution in [0.3, 0.4) is 0 Å². The van der Waals surface area contributed by atoms with Crippen molar-refractivity contribution in [3.63, 3.8) is 0 Å². The third-order valence-corrected chi connectivity index (χ3v) is 2.79. The first-order valence-electron chi connectivity index (χ1n) is 5.56. The van der Waals surface area contributed by atoms with Crippen LogP contribution in [0.4, 0.5) is 0 Å². The second kappa shape index (κ2) is 4.69. The van der Waals surface area contributed by atoms with Crippen LogP contribution in [0.5, 0.6) is 0 Å². The molecule has 3 N–H and O–H groups in total. The third kappa shape index (κ3) is 2.38. The Hall–Kier alpha value is -1.65. The predicted molar refractivity (Wildman–Crippen MR) is 66.3 cm³/mol. The zero-order valence-electron chi connectivity index (χ0n) is 10.3. The van der Waals surface area contributed by atoms with Crippen LogP contribution < -0.4 is 11.3 Å². The van der Waals surface area contributed by atoms with E-state index in [-0.39, 0.29) is 6.04 Å². The van der Waals surface area contributed by atoms with Gasteiger partial charge in [-0.1, -0.05) is 6.07 Å². The Morgan fingerprint density at radius 3 is 2.53 bits per heavy atom. The van der Waals surface area contributed by atoms with E-state index in [0.717, 1.165) is 28.2 Å². The fourth-order valence-electron chi connectivity index (χ4n) is 2.04. The van der Waals surface area contributed by atoms with E-state index in [1.807, 2.05) is 39.2 Å². The van der Waals surface area contributed by atoms with Gasteiger partial charge in [-0.25, -0.2) is 5.43 Å². The summed E-state index contributed by atoms with van der Waals surface area (Å²) in [7, 11) is 0. The van der Waals surface area contributed by atoms with Gasteiger partial charge < -0.3 is 4.42 Å². The first kappa shape index (κ1) is 11.8. The van der Waals surface area contributed by atoms with Crippen molar-refractivity contribution in [2.45, 2.75) is 26.8 Å². The number of furan rings is 1. The summed E-state index contributed by atoms with van der Waals surface area (Å²) in [6.45, 7) is 5.88. The number of hydrazine groups is 1. The molecule has 90 valence electrons. The molecule has 1 unspecified atom stereocenters. The third-order valence-electron chi connectivity index (χ3n) is 2.79. The summed E-state index contributed by atoms with van der Waals surface area (Å²) in [5.41, 5.74) is 6.02. The molecule has 0 amide bonds. The number of pyridine rings is 1. The van der Waals surface area contributed by atoms with Crippen molar-refractivity contribution in [1.82, 2.24) is 10.4 Å². The van der Waals surface area contributed by atoms with E-state index in [1.165, 1.54) is 0 Å². The minimum absolute atomic E-state index is 0.0835. The lowest BCUT2D eigenvalue weighted by atomic mass is 10.0. The van der Waals surface area contributed by atoms with Crippen LogP contribution in [0.2, 0.25) is 0 Å². The highest BCUT2D eigenvalue weighted by Gasteiger charge is 2.18. The van der Waals surface area contributed by atoms with Crippen molar-refractivity contribution in [3.8, 4) is 0 Å². The molecule has 0 aliphatic heterocycles. The van der Waals surface area contributed by atoms with Crippen LogP contribution in [0, 0.1) is 20.8 Å². The quantitative estimate of drug-likeness (QED) is 0.627. The first-order chi connectivity index (χ1) is 8.11. The minimum Gasteiger partial charge on any atom is -0.466 e. The van der Waals surface area contributed by atoms with Crippen LogP contribution in [-0.2, 0) is 0 Å². The van der Waals surface area contributed by atoms with Crippen molar-refractivity contribution in [2.75, 3.05) is 0 Å². The Kier molecular flexibility index (Phi) is 3.26. The number of nitrogens with zero attached hydrogens (tertiary/aromatic N) is 1. The summed E-state index contributed by atoms with van der Waals surface area (Å²) < 4.78 is 5.53. The maximum Gasteiger partial charge on any atom is 0.106 e. The molecule has 0 fully saturated rings. The lowest BCUT2D eigenvalue weighted by Crippen LogP contribution is -2.29. The van der Waals surface area contributed by atoms with Gasteiger partial charge in [0.15, 0.2) is 0 Å². The highest BCUT2D eigenvalue weighted by Crippen LogP contribution is 2.26. The second-order valence-electron chi connectivity index (χ2n) is 4.26. The zero-order valence-corrected chi connectivity index (χ0v) is 10.3.